The SMILES string of the molecule is CCCc1nn(C)c(N=[N+]=[N-])c1[N+](=O)[O-]. The van der Waals surface area contributed by atoms with E-state index in [2.05, 4.69) is 15.1 Å². The lowest BCUT2D eigenvalue weighted by Crippen LogP contribution is -1.93. The minimum absolute atomic E-state index is 0.0500. The van der Waals surface area contributed by atoms with Gasteiger partial charge in [0.25, 0.3) is 0 Å². The second-order valence-corrected chi connectivity index (χ2v) is 2.94. The van der Waals surface area contributed by atoms with Crippen LogP contribution in [0, 0.1) is 10.1 Å². The Morgan fingerprint density at radius 2 is 2.40 bits per heavy atom. The van der Waals surface area contributed by atoms with Gasteiger partial charge in [-0.1, -0.05) is 13.3 Å². The molecular weight excluding hydrogens is 200 g/mol. The Morgan fingerprint density at radius 1 is 1.73 bits per heavy atom. The minimum Gasteiger partial charge on any atom is -0.259 e. The van der Waals surface area contributed by atoms with E-state index in [9.17, 15) is 10.1 Å². The van der Waals surface area contributed by atoms with E-state index in [0.29, 0.717) is 12.1 Å². The van der Waals surface area contributed by atoms with Crippen LogP contribution in [0.3, 0.4) is 0 Å². The van der Waals surface area contributed by atoms with Gasteiger partial charge in [-0.25, -0.2) is 0 Å². The Bertz CT molecular complexity index is 431. The van der Waals surface area contributed by atoms with Crippen molar-refractivity contribution in [3.63, 3.8) is 0 Å². The Kier molecular flexibility index (Phi) is 3.25. The van der Waals surface area contributed by atoms with E-state index in [1.54, 1.807) is 0 Å². The second-order valence-electron chi connectivity index (χ2n) is 2.94. The summed E-state index contributed by atoms with van der Waals surface area (Å²) in [5, 5.41) is 18.0. The van der Waals surface area contributed by atoms with Crippen LogP contribution in [-0.2, 0) is 13.5 Å². The van der Waals surface area contributed by atoms with Gasteiger partial charge in [-0.2, -0.15) is 5.10 Å². The van der Waals surface area contributed by atoms with Crippen LogP contribution in [0.25, 0.3) is 10.4 Å². The van der Waals surface area contributed by atoms with E-state index in [0.717, 1.165) is 6.42 Å². The molecule has 0 aromatic carbocycles. The van der Waals surface area contributed by atoms with Crippen LogP contribution in [0.5, 0.6) is 0 Å². The van der Waals surface area contributed by atoms with Crippen molar-refractivity contribution in [1.29, 1.82) is 0 Å². The fourth-order valence-electron chi connectivity index (χ4n) is 1.30. The predicted molar refractivity (Wildman–Crippen MR) is 52.7 cm³/mol. The topological polar surface area (TPSA) is 110 Å². The summed E-state index contributed by atoms with van der Waals surface area (Å²) in [5.74, 6) is -0.0500. The second kappa shape index (κ2) is 4.43. The quantitative estimate of drug-likeness (QED) is 0.250. The molecule has 0 aliphatic heterocycles. The summed E-state index contributed by atoms with van der Waals surface area (Å²) in [7, 11) is 1.51. The van der Waals surface area contributed by atoms with Crippen molar-refractivity contribution < 1.29 is 4.92 Å². The number of azide groups is 1. The number of hydrogen-bond donors (Lipinski definition) is 0. The van der Waals surface area contributed by atoms with Crippen LogP contribution in [0.4, 0.5) is 11.5 Å². The normalized spacial score (nSPS) is 9.73. The highest BCUT2D eigenvalue weighted by Gasteiger charge is 2.24. The molecule has 0 N–H and O–H groups in total. The zero-order chi connectivity index (χ0) is 11.4. The number of nitro groups is 1. The summed E-state index contributed by atoms with van der Waals surface area (Å²) in [6, 6.07) is 0. The molecule has 1 aromatic heterocycles. The van der Waals surface area contributed by atoms with E-state index in [1.807, 2.05) is 6.92 Å². The van der Waals surface area contributed by atoms with Crippen molar-refractivity contribution in [3.8, 4) is 0 Å². The van der Waals surface area contributed by atoms with E-state index in [4.69, 9.17) is 5.53 Å². The van der Waals surface area contributed by atoms with Gasteiger partial charge in [0.2, 0.25) is 5.82 Å². The first-order valence-electron chi connectivity index (χ1n) is 4.37. The molecule has 0 aliphatic carbocycles. The van der Waals surface area contributed by atoms with Crippen LogP contribution in [0.15, 0.2) is 5.11 Å². The molecule has 1 rings (SSSR count). The van der Waals surface area contributed by atoms with Crippen molar-refractivity contribution in [1.82, 2.24) is 9.78 Å². The molecule has 0 radical (unpaired) electrons. The van der Waals surface area contributed by atoms with Crippen molar-refractivity contribution in [3.05, 3.63) is 26.3 Å². The average Bonchev–Trinajstić information content (AvgIpc) is 2.44. The zero-order valence-electron chi connectivity index (χ0n) is 8.41. The van der Waals surface area contributed by atoms with Gasteiger partial charge >= 0.3 is 5.69 Å². The van der Waals surface area contributed by atoms with Gasteiger partial charge in [0, 0.05) is 12.0 Å². The molecule has 0 spiro atoms. The third-order valence-corrected chi connectivity index (χ3v) is 1.87. The Labute approximate surface area is 85.3 Å². The first kappa shape index (κ1) is 11.0. The van der Waals surface area contributed by atoms with E-state index < -0.39 is 4.92 Å². The molecule has 1 heterocycles. The Morgan fingerprint density at radius 3 is 2.87 bits per heavy atom. The maximum atomic E-state index is 10.8. The first-order valence-corrected chi connectivity index (χ1v) is 4.37. The van der Waals surface area contributed by atoms with Gasteiger partial charge in [0.15, 0.2) is 0 Å². The third kappa shape index (κ3) is 2.05. The van der Waals surface area contributed by atoms with Crippen molar-refractivity contribution in [2.45, 2.75) is 19.8 Å². The van der Waals surface area contributed by atoms with Gasteiger partial charge in [0.05, 0.1) is 4.92 Å². The van der Waals surface area contributed by atoms with E-state index in [1.165, 1.54) is 11.7 Å². The zero-order valence-corrected chi connectivity index (χ0v) is 8.41. The maximum absolute atomic E-state index is 10.8. The van der Waals surface area contributed by atoms with Gasteiger partial charge in [-0.3, -0.25) is 14.8 Å². The summed E-state index contributed by atoms with van der Waals surface area (Å²) < 4.78 is 1.23. The van der Waals surface area contributed by atoms with Crippen LogP contribution < -0.4 is 0 Å². The smallest absolute Gasteiger partial charge is 0.259 e. The van der Waals surface area contributed by atoms with Gasteiger partial charge in [-0.05, 0) is 17.1 Å². The molecule has 15 heavy (non-hydrogen) atoms. The van der Waals surface area contributed by atoms with Gasteiger partial charge < -0.3 is 0 Å². The fourth-order valence-corrected chi connectivity index (χ4v) is 1.30. The molecule has 8 heteroatoms. The molecule has 0 bridgehead atoms. The summed E-state index contributed by atoms with van der Waals surface area (Å²) in [6.07, 6.45) is 1.23. The molecule has 0 amide bonds. The highest BCUT2D eigenvalue weighted by atomic mass is 16.6. The average molecular weight is 210 g/mol. The molecule has 80 valence electrons. The number of aryl methyl sites for hydroxylation is 2. The summed E-state index contributed by atoms with van der Waals surface area (Å²) >= 11 is 0. The molecule has 0 saturated heterocycles. The molecule has 0 fully saturated rings. The van der Waals surface area contributed by atoms with Crippen LogP contribution in [-0.4, -0.2) is 14.7 Å². The molecule has 0 aliphatic rings. The lowest BCUT2D eigenvalue weighted by atomic mass is 10.2. The highest BCUT2D eigenvalue weighted by molar-refractivity contribution is 5.55. The number of rotatable bonds is 4. The number of aromatic nitrogens is 2. The first-order chi connectivity index (χ1) is 7.11. The Balaban J connectivity index is 3.36. The van der Waals surface area contributed by atoms with Gasteiger partial charge in [0.1, 0.15) is 5.69 Å². The molecule has 0 atom stereocenters. The fraction of sp³-hybridized carbons (Fsp3) is 0.571. The van der Waals surface area contributed by atoms with Crippen LogP contribution in [0.1, 0.15) is 19.0 Å². The molecule has 0 saturated carbocycles. The van der Waals surface area contributed by atoms with Crippen molar-refractivity contribution in [2.75, 3.05) is 0 Å². The van der Waals surface area contributed by atoms with Crippen molar-refractivity contribution in [2.24, 2.45) is 12.2 Å². The Hall–Kier alpha value is -2.08. The molecular formula is C7H10N6O2. The van der Waals surface area contributed by atoms with Crippen LogP contribution >= 0.6 is 0 Å². The van der Waals surface area contributed by atoms with Gasteiger partial charge in [-0.15, -0.1) is 0 Å². The van der Waals surface area contributed by atoms with E-state index >= 15 is 0 Å². The summed E-state index contributed by atoms with van der Waals surface area (Å²) in [6.45, 7) is 1.89. The number of hydrogen-bond acceptors (Lipinski definition) is 4. The largest absolute Gasteiger partial charge is 0.319 e. The molecule has 1 aromatic rings. The molecule has 8 nitrogen and oxygen atoms in total. The third-order valence-electron chi connectivity index (χ3n) is 1.87. The minimum atomic E-state index is -0.567. The molecule has 0 unspecified atom stereocenters. The summed E-state index contributed by atoms with van der Waals surface area (Å²) in [5.41, 5.74) is 8.44. The lowest BCUT2D eigenvalue weighted by Gasteiger charge is -1.91. The van der Waals surface area contributed by atoms with Crippen LogP contribution in [0.2, 0.25) is 0 Å². The standard InChI is InChI=1S/C7H10N6O2/c1-3-4-5-6(13(14)15)7(9-11-8)12(2)10-5/h3-4H2,1-2H3. The van der Waals surface area contributed by atoms with E-state index in [-0.39, 0.29) is 11.5 Å². The monoisotopic (exact) mass is 210 g/mol. The maximum Gasteiger partial charge on any atom is 0.319 e. The highest BCUT2D eigenvalue weighted by Crippen LogP contribution is 2.31. The predicted octanol–water partition coefficient (Wildman–Crippen LogP) is 2.22. The lowest BCUT2D eigenvalue weighted by molar-refractivity contribution is -0.384. The number of nitrogens with zero attached hydrogens (tertiary/aromatic N) is 6. The van der Waals surface area contributed by atoms with Crippen molar-refractivity contribution >= 4 is 11.5 Å². The summed E-state index contributed by atoms with van der Waals surface area (Å²) in [4.78, 5) is 12.8.